The summed E-state index contributed by atoms with van der Waals surface area (Å²) in [5, 5.41) is 14.4. The molecule has 3 aromatic rings. The van der Waals surface area contributed by atoms with Gasteiger partial charge in [-0.2, -0.15) is 10.1 Å². The van der Waals surface area contributed by atoms with Gasteiger partial charge in [-0.1, -0.05) is 35.3 Å². The summed E-state index contributed by atoms with van der Waals surface area (Å²) in [7, 11) is 0. The predicted octanol–water partition coefficient (Wildman–Crippen LogP) is 4.80. The second kappa shape index (κ2) is 6.76. The molecule has 8 heteroatoms. The van der Waals surface area contributed by atoms with E-state index < -0.39 is 5.82 Å². The van der Waals surface area contributed by atoms with Crippen molar-refractivity contribution < 1.29 is 4.39 Å². The molecule has 0 aliphatic rings. The highest BCUT2D eigenvalue weighted by Gasteiger charge is 2.07. The molecule has 0 atom stereocenters. The van der Waals surface area contributed by atoms with Gasteiger partial charge in [0.05, 0.1) is 22.6 Å². The van der Waals surface area contributed by atoms with E-state index in [1.165, 1.54) is 12.3 Å². The normalized spacial score (nSPS) is 10.4. The average Bonchev–Trinajstić information content (AvgIpc) is 2.54. The second-order valence-corrected chi connectivity index (χ2v) is 5.36. The molecule has 0 fully saturated rings. The van der Waals surface area contributed by atoms with Crippen LogP contribution in [0.4, 0.5) is 27.5 Å². The van der Waals surface area contributed by atoms with Crippen molar-refractivity contribution in [3.8, 4) is 0 Å². The minimum atomic E-state index is -0.410. The van der Waals surface area contributed by atoms with Gasteiger partial charge in [-0.3, -0.25) is 0 Å². The zero-order valence-electron chi connectivity index (χ0n) is 11.6. The van der Waals surface area contributed by atoms with Crippen LogP contribution in [0, 0.1) is 5.82 Å². The molecule has 0 spiro atoms. The van der Waals surface area contributed by atoms with E-state index >= 15 is 0 Å². The Kier molecular flexibility index (Phi) is 4.55. The topological polar surface area (TPSA) is 62.7 Å². The first-order valence-corrected chi connectivity index (χ1v) is 7.31. The molecule has 116 valence electrons. The molecular formula is C15H10Cl2FN5. The Balaban J connectivity index is 1.83. The van der Waals surface area contributed by atoms with Gasteiger partial charge in [0.25, 0.3) is 0 Å². The lowest BCUT2D eigenvalue weighted by Gasteiger charge is -2.09. The molecule has 2 aromatic carbocycles. The molecule has 2 N–H and O–H groups in total. The molecule has 0 radical (unpaired) electrons. The third-order valence-corrected chi connectivity index (χ3v) is 3.43. The van der Waals surface area contributed by atoms with Crippen LogP contribution in [0.2, 0.25) is 10.0 Å². The van der Waals surface area contributed by atoms with Gasteiger partial charge in [0.1, 0.15) is 5.82 Å². The van der Waals surface area contributed by atoms with Gasteiger partial charge in [-0.25, -0.2) is 4.39 Å². The predicted molar refractivity (Wildman–Crippen MR) is 89.3 cm³/mol. The minimum absolute atomic E-state index is 0.151. The summed E-state index contributed by atoms with van der Waals surface area (Å²) < 4.78 is 13.6. The third kappa shape index (κ3) is 3.85. The largest absolute Gasteiger partial charge is 0.338 e. The number of benzene rings is 2. The Morgan fingerprint density at radius 2 is 1.78 bits per heavy atom. The number of hydrogen-bond acceptors (Lipinski definition) is 5. The molecule has 0 bridgehead atoms. The van der Waals surface area contributed by atoms with Crippen molar-refractivity contribution in [3.63, 3.8) is 0 Å². The number of nitrogens with zero attached hydrogens (tertiary/aromatic N) is 3. The highest BCUT2D eigenvalue weighted by molar-refractivity contribution is 6.35. The first-order valence-electron chi connectivity index (χ1n) is 6.55. The van der Waals surface area contributed by atoms with E-state index in [-0.39, 0.29) is 11.6 Å². The van der Waals surface area contributed by atoms with Crippen molar-refractivity contribution in [3.05, 3.63) is 64.5 Å². The zero-order chi connectivity index (χ0) is 16.2. The van der Waals surface area contributed by atoms with Crippen LogP contribution in [0.15, 0.2) is 48.7 Å². The molecular weight excluding hydrogens is 340 g/mol. The van der Waals surface area contributed by atoms with Crippen molar-refractivity contribution in [2.75, 3.05) is 10.6 Å². The number of rotatable bonds is 4. The van der Waals surface area contributed by atoms with Crippen molar-refractivity contribution in [2.24, 2.45) is 0 Å². The van der Waals surface area contributed by atoms with Gasteiger partial charge in [0.15, 0.2) is 5.82 Å². The summed E-state index contributed by atoms with van der Waals surface area (Å²) in [6.45, 7) is 0. The SMILES string of the molecule is Fc1ccccc1Nc1nncc(Nc2cc(Cl)ccc2Cl)n1. The van der Waals surface area contributed by atoms with Crippen LogP contribution in [0.3, 0.4) is 0 Å². The maximum atomic E-state index is 13.6. The highest BCUT2D eigenvalue weighted by Crippen LogP contribution is 2.28. The second-order valence-electron chi connectivity index (χ2n) is 4.52. The number of hydrogen-bond donors (Lipinski definition) is 2. The maximum Gasteiger partial charge on any atom is 0.249 e. The molecule has 0 unspecified atom stereocenters. The molecule has 1 aromatic heterocycles. The van der Waals surface area contributed by atoms with Crippen LogP contribution in [-0.2, 0) is 0 Å². The molecule has 0 aliphatic heterocycles. The smallest absolute Gasteiger partial charge is 0.249 e. The number of aromatic nitrogens is 3. The summed E-state index contributed by atoms with van der Waals surface area (Å²) in [5.74, 6) is 0.133. The summed E-state index contributed by atoms with van der Waals surface area (Å²) in [6, 6.07) is 11.2. The van der Waals surface area contributed by atoms with Crippen molar-refractivity contribution in [2.45, 2.75) is 0 Å². The van der Waals surface area contributed by atoms with E-state index in [2.05, 4.69) is 25.8 Å². The molecule has 0 amide bonds. The molecule has 0 aliphatic carbocycles. The summed E-state index contributed by atoms with van der Waals surface area (Å²) in [5.41, 5.74) is 0.837. The summed E-state index contributed by atoms with van der Waals surface area (Å²) >= 11 is 12.0. The Bertz CT molecular complexity index is 844. The van der Waals surface area contributed by atoms with Crippen LogP contribution < -0.4 is 10.6 Å². The molecule has 23 heavy (non-hydrogen) atoms. The summed E-state index contributed by atoms with van der Waals surface area (Å²) in [6.07, 6.45) is 1.42. The van der Waals surface area contributed by atoms with Crippen LogP contribution >= 0.6 is 23.2 Å². The minimum Gasteiger partial charge on any atom is -0.338 e. The Morgan fingerprint density at radius 3 is 2.61 bits per heavy atom. The highest BCUT2D eigenvalue weighted by atomic mass is 35.5. The number of halogens is 3. The van der Waals surface area contributed by atoms with E-state index in [0.717, 1.165) is 0 Å². The first kappa shape index (κ1) is 15.5. The van der Waals surface area contributed by atoms with E-state index in [9.17, 15) is 4.39 Å². The van der Waals surface area contributed by atoms with E-state index in [1.807, 2.05) is 0 Å². The van der Waals surface area contributed by atoms with Crippen LogP contribution in [-0.4, -0.2) is 15.2 Å². The monoisotopic (exact) mass is 349 g/mol. The maximum absolute atomic E-state index is 13.6. The van der Waals surface area contributed by atoms with Crippen LogP contribution in [0.25, 0.3) is 0 Å². The number of nitrogens with one attached hydrogen (secondary N) is 2. The Hall–Kier alpha value is -2.44. The number of anilines is 4. The third-order valence-electron chi connectivity index (χ3n) is 2.87. The first-order chi connectivity index (χ1) is 11.1. The zero-order valence-corrected chi connectivity index (χ0v) is 13.1. The lowest BCUT2D eigenvalue weighted by atomic mass is 10.3. The van der Waals surface area contributed by atoms with E-state index in [4.69, 9.17) is 23.2 Å². The molecule has 3 rings (SSSR count). The van der Waals surface area contributed by atoms with Gasteiger partial charge in [0.2, 0.25) is 5.95 Å². The fraction of sp³-hybridized carbons (Fsp3) is 0. The average molecular weight is 350 g/mol. The molecule has 1 heterocycles. The Morgan fingerprint density at radius 1 is 0.957 bits per heavy atom. The summed E-state index contributed by atoms with van der Waals surface area (Å²) in [4.78, 5) is 4.21. The van der Waals surface area contributed by atoms with Gasteiger partial charge in [-0.05, 0) is 30.3 Å². The molecule has 5 nitrogen and oxygen atoms in total. The van der Waals surface area contributed by atoms with Gasteiger partial charge >= 0.3 is 0 Å². The fourth-order valence-electron chi connectivity index (χ4n) is 1.83. The van der Waals surface area contributed by atoms with Crippen LogP contribution in [0.1, 0.15) is 0 Å². The Labute approximate surface area is 141 Å². The molecule has 0 saturated heterocycles. The lowest BCUT2D eigenvalue weighted by Crippen LogP contribution is -2.03. The lowest BCUT2D eigenvalue weighted by molar-refractivity contribution is 0.631. The van der Waals surface area contributed by atoms with Crippen molar-refractivity contribution >= 4 is 46.3 Å². The van der Waals surface area contributed by atoms with E-state index in [0.29, 0.717) is 21.6 Å². The van der Waals surface area contributed by atoms with Gasteiger partial charge in [0, 0.05) is 5.02 Å². The van der Waals surface area contributed by atoms with E-state index in [1.54, 1.807) is 36.4 Å². The van der Waals surface area contributed by atoms with Gasteiger partial charge in [-0.15, -0.1) is 5.10 Å². The fourth-order valence-corrected chi connectivity index (χ4v) is 2.17. The van der Waals surface area contributed by atoms with Gasteiger partial charge < -0.3 is 10.6 Å². The van der Waals surface area contributed by atoms with Crippen molar-refractivity contribution in [1.82, 2.24) is 15.2 Å². The van der Waals surface area contributed by atoms with Crippen LogP contribution in [0.5, 0.6) is 0 Å². The molecule has 0 saturated carbocycles. The standard InChI is InChI=1S/C15H10Cl2FN5/c16-9-5-6-10(17)13(7-9)20-14-8-19-23-15(22-14)21-12-4-2-1-3-11(12)18/h1-8H,(H2,20,21,22,23). The number of para-hydroxylation sites is 1. The van der Waals surface area contributed by atoms with Crippen molar-refractivity contribution in [1.29, 1.82) is 0 Å². The quantitative estimate of drug-likeness (QED) is 0.707.